The van der Waals surface area contributed by atoms with Gasteiger partial charge in [0.2, 0.25) is 5.22 Å². The molecule has 1 amide bonds. The molecule has 1 aromatic heterocycles. The molecule has 98 valence electrons. The second-order valence-corrected chi connectivity index (χ2v) is 4.42. The third kappa shape index (κ3) is 2.21. The highest BCUT2D eigenvalue weighted by Gasteiger charge is 2.39. The van der Waals surface area contributed by atoms with Gasteiger partial charge in [-0.2, -0.15) is 0 Å². The predicted molar refractivity (Wildman–Crippen MR) is 61.5 cm³/mol. The first-order chi connectivity index (χ1) is 8.52. The number of carboxylic acids is 1. The average Bonchev–Trinajstić information content (AvgIpc) is 2.95. The molecule has 2 unspecified atom stereocenters. The first-order valence-electron chi connectivity index (χ1n) is 5.33. The van der Waals surface area contributed by atoms with Gasteiger partial charge in [0, 0.05) is 7.05 Å². The van der Waals surface area contributed by atoms with Crippen LogP contribution in [0.25, 0.3) is 0 Å². The van der Waals surface area contributed by atoms with Crippen molar-refractivity contribution in [3.05, 3.63) is 23.1 Å². The smallest absolute Gasteiger partial charge is 0.311 e. The van der Waals surface area contributed by atoms with Gasteiger partial charge < -0.3 is 19.2 Å². The van der Waals surface area contributed by atoms with Gasteiger partial charge in [-0.25, -0.2) is 0 Å². The van der Waals surface area contributed by atoms with Crippen LogP contribution in [0.2, 0.25) is 5.22 Å². The zero-order chi connectivity index (χ0) is 13.3. The molecule has 1 N–H and O–H groups in total. The summed E-state index contributed by atoms with van der Waals surface area (Å²) in [6.07, 6.45) is 1.31. The number of amides is 1. The molecule has 2 rings (SSSR count). The SMILES string of the molecule is CN(C(=O)c1ccoc1Cl)C1COCC1C(=O)O. The summed E-state index contributed by atoms with van der Waals surface area (Å²) in [6, 6.07) is 0.952. The van der Waals surface area contributed by atoms with Crippen molar-refractivity contribution >= 4 is 23.5 Å². The molecule has 2 atom stereocenters. The van der Waals surface area contributed by atoms with Gasteiger partial charge >= 0.3 is 5.97 Å². The summed E-state index contributed by atoms with van der Waals surface area (Å²) >= 11 is 5.72. The van der Waals surface area contributed by atoms with Gasteiger partial charge in [0.15, 0.2) is 0 Å². The fourth-order valence-electron chi connectivity index (χ4n) is 1.95. The predicted octanol–water partition coefficient (Wildman–Crippen LogP) is 1.10. The maximum atomic E-state index is 12.1. The Kier molecular flexibility index (Phi) is 3.58. The Morgan fingerprint density at radius 2 is 2.22 bits per heavy atom. The minimum atomic E-state index is -0.976. The summed E-state index contributed by atoms with van der Waals surface area (Å²) in [6.45, 7) is 0.311. The van der Waals surface area contributed by atoms with Crippen molar-refractivity contribution in [1.29, 1.82) is 0 Å². The van der Waals surface area contributed by atoms with E-state index in [4.69, 9.17) is 25.9 Å². The van der Waals surface area contributed by atoms with Gasteiger partial charge in [-0.3, -0.25) is 9.59 Å². The summed E-state index contributed by atoms with van der Waals surface area (Å²) in [4.78, 5) is 24.5. The van der Waals surface area contributed by atoms with E-state index in [0.717, 1.165) is 0 Å². The van der Waals surface area contributed by atoms with Crippen LogP contribution in [0.4, 0.5) is 0 Å². The van der Waals surface area contributed by atoms with Crippen molar-refractivity contribution in [2.75, 3.05) is 20.3 Å². The number of likely N-dealkylation sites (N-methyl/N-ethyl adjacent to an activating group) is 1. The van der Waals surface area contributed by atoms with Crippen molar-refractivity contribution in [1.82, 2.24) is 4.90 Å². The Hall–Kier alpha value is -1.53. The zero-order valence-corrected chi connectivity index (χ0v) is 10.4. The number of rotatable bonds is 3. The first-order valence-corrected chi connectivity index (χ1v) is 5.71. The lowest BCUT2D eigenvalue weighted by molar-refractivity contribution is -0.142. The number of furan rings is 1. The number of aliphatic carboxylic acids is 1. The van der Waals surface area contributed by atoms with E-state index >= 15 is 0 Å². The fraction of sp³-hybridized carbons (Fsp3) is 0.455. The topological polar surface area (TPSA) is 80.0 Å². The van der Waals surface area contributed by atoms with Gasteiger partial charge in [0.25, 0.3) is 5.91 Å². The van der Waals surface area contributed by atoms with E-state index in [-0.39, 0.29) is 29.9 Å². The van der Waals surface area contributed by atoms with E-state index < -0.39 is 17.9 Å². The zero-order valence-electron chi connectivity index (χ0n) is 9.63. The van der Waals surface area contributed by atoms with Crippen LogP contribution in [0.3, 0.4) is 0 Å². The van der Waals surface area contributed by atoms with Crippen LogP contribution >= 0.6 is 11.6 Å². The maximum absolute atomic E-state index is 12.1. The molecule has 1 aliphatic rings. The monoisotopic (exact) mass is 273 g/mol. The van der Waals surface area contributed by atoms with Gasteiger partial charge in [-0.1, -0.05) is 0 Å². The van der Waals surface area contributed by atoms with Crippen LogP contribution in [0, 0.1) is 5.92 Å². The van der Waals surface area contributed by atoms with Crippen LogP contribution < -0.4 is 0 Å². The number of carbonyl (C=O) groups is 2. The molecule has 1 aliphatic heterocycles. The second-order valence-electron chi connectivity index (χ2n) is 4.07. The fourth-order valence-corrected chi connectivity index (χ4v) is 2.14. The third-order valence-corrected chi connectivity index (χ3v) is 3.33. The largest absolute Gasteiger partial charge is 0.481 e. The number of halogens is 1. The molecule has 0 radical (unpaired) electrons. The van der Waals surface area contributed by atoms with E-state index in [0.29, 0.717) is 0 Å². The summed E-state index contributed by atoms with van der Waals surface area (Å²) in [5.41, 5.74) is 0.218. The number of carboxylic acid groups (broad SMARTS) is 1. The van der Waals surface area contributed by atoms with Crippen molar-refractivity contribution in [2.45, 2.75) is 6.04 Å². The van der Waals surface area contributed by atoms with Crippen LogP contribution in [-0.2, 0) is 9.53 Å². The molecule has 1 fully saturated rings. The standard InChI is InChI=1S/C11H12ClNO5/c1-13(8-5-17-4-7(8)11(15)16)10(14)6-2-3-18-9(6)12/h2-3,7-8H,4-5H2,1H3,(H,15,16). The minimum Gasteiger partial charge on any atom is -0.481 e. The normalized spacial score (nSPS) is 23.0. The lowest BCUT2D eigenvalue weighted by atomic mass is 10.0. The van der Waals surface area contributed by atoms with Crippen molar-refractivity contribution in [2.24, 2.45) is 5.92 Å². The van der Waals surface area contributed by atoms with E-state index in [1.54, 1.807) is 0 Å². The summed E-state index contributed by atoms with van der Waals surface area (Å²) in [7, 11) is 1.53. The van der Waals surface area contributed by atoms with Gasteiger partial charge in [0.05, 0.1) is 31.1 Å². The Morgan fingerprint density at radius 3 is 2.78 bits per heavy atom. The van der Waals surface area contributed by atoms with Gasteiger partial charge in [-0.15, -0.1) is 0 Å². The third-order valence-electron chi connectivity index (χ3n) is 3.03. The number of nitrogens with zero attached hydrogens (tertiary/aromatic N) is 1. The van der Waals surface area contributed by atoms with E-state index in [2.05, 4.69) is 0 Å². The van der Waals surface area contributed by atoms with Crippen LogP contribution in [0.15, 0.2) is 16.7 Å². The Labute approximate surface area is 108 Å². The summed E-state index contributed by atoms with van der Waals surface area (Å²) < 4.78 is 9.96. The Balaban J connectivity index is 2.16. The number of hydrogen-bond donors (Lipinski definition) is 1. The molecule has 0 aliphatic carbocycles. The Bertz CT molecular complexity index is 472. The lowest BCUT2D eigenvalue weighted by Crippen LogP contribution is -2.44. The highest BCUT2D eigenvalue weighted by molar-refractivity contribution is 6.32. The summed E-state index contributed by atoms with van der Waals surface area (Å²) in [5.74, 6) is -2.07. The molecule has 18 heavy (non-hydrogen) atoms. The second kappa shape index (κ2) is 4.99. The first kappa shape index (κ1) is 12.9. The number of carbonyl (C=O) groups excluding carboxylic acids is 1. The highest BCUT2D eigenvalue weighted by Crippen LogP contribution is 2.24. The van der Waals surface area contributed by atoms with Crippen molar-refractivity contribution in [3.8, 4) is 0 Å². The van der Waals surface area contributed by atoms with Gasteiger partial charge in [0.1, 0.15) is 5.92 Å². The van der Waals surface area contributed by atoms with Crippen molar-refractivity contribution in [3.63, 3.8) is 0 Å². The highest BCUT2D eigenvalue weighted by atomic mass is 35.5. The molecule has 1 aromatic rings. The molecular formula is C11H12ClNO5. The Morgan fingerprint density at radius 1 is 1.50 bits per heavy atom. The molecule has 0 aromatic carbocycles. The number of ether oxygens (including phenoxy) is 1. The lowest BCUT2D eigenvalue weighted by Gasteiger charge is -2.25. The van der Waals surface area contributed by atoms with Crippen LogP contribution in [0.5, 0.6) is 0 Å². The molecule has 7 heteroatoms. The van der Waals surface area contributed by atoms with Crippen LogP contribution in [-0.4, -0.2) is 48.2 Å². The number of hydrogen-bond acceptors (Lipinski definition) is 4. The van der Waals surface area contributed by atoms with E-state index in [1.165, 1.54) is 24.3 Å². The molecule has 2 heterocycles. The molecular weight excluding hydrogens is 262 g/mol. The van der Waals surface area contributed by atoms with Crippen molar-refractivity contribution < 1.29 is 23.8 Å². The van der Waals surface area contributed by atoms with Gasteiger partial charge in [-0.05, 0) is 17.7 Å². The maximum Gasteiger partial charge on any atom is 0.311 e. The molecule has 0 saturated carbocycles. The average molecular weight is 274 g/mol. The molecule has 6 nitrogen and oxygen atoms in total. The van der Waals surface area contributed by atoms with E-state index in [1.807, 2.05) is 0 Å². The summed E-state index contributed by atoms with van der Waals surface area (Å²) in [5, 5.41) is 9.03. The quantitative estimate of drug-likeness (QED) is 0.892. The van der Waals surface area contributed by atoms with Crippen LogP contribution in [0.1, 0.15) is 10.4 Å². The molecule has 0 bridgehead atoms. The molecule has 1 saturated heterocycles. The molecule has 0 spiro atoms. The minimum absolute atomic E-state index is 0.00218. The van der Waals surface area contributed by atoms with E-state index in [9.17, 15) is 9.59 Å².